The van der Waals surface area contributed by atoms with Gasteiger partial charge in [0, 0.05) is 25.4 Å². The standard InChI is InChI=1S/C28H41N3O7/c1-21(18-32)30-25(33)17-23-13-7-2-3-8-15-26(34)37-20-24(31-27(23)35)14-9-10-16-29-28(36)38-19-22-11-5-4-6-12-22/h2,4-7,11-12,21,23-24,32H,3,8-10,13-20H2,1H3,(H,29,36)(H,30,33)(H,31,35)/t21-,23-,24+/m1/s1. The second-order valence-corrected chi connectivity index (χ2v) is 9.52. The number of carbonyl (C=O) groups excluding carboxylic acids is 4. The highest BCUT2D eigenvalue weighted by molar-refractivity contribution is 5.86. The first kappa shape index (κ1) is 30.8. The average molecular weight is 532 g/mol. The Hall–Kier alpha value is -3.40. The van der Waals surface area contributed by atoms with Crippen LogP contribution in [0.2, 0.25) is 0 Å². The molecule has 10 nitrogen and oxygen atoms in total. The maximum absolute atomic E-state index is 13.1. The molecule has 38 heavy (non-hydrogen) atoms. The Bertz CT molecular complexity index is 907. The molecule has 0 aliphatic carbocycles. The van der Waals surface area contributed by atoms with Crippen LogP contribution in [0.15, 0.2) is 42.5 Å². The van der Waals surface area contributed by atoms with E-state index in [9.17, 15) is 24.3 Å². The molecule has 0 radical (unpaired) electrons. The van der Waals surface area contributed by atoms with E-state index in [2.05, 4.69) is 16.0 Å². The van der Waals surface area contributed by atoms with Crippen LogP contribution < -0.4 is 16.0 Å². The molecule has 0 bridgehead atoms. The number of hydrogen-bond donors (Lipinski definition) is 4. The van der Waals surface area contributed by atoms with Gasteiger partial charge < -0.3 is 30.5 Å². The molecule has 210 valence electrons. The van der Waals surface area contributed by atoms with Crippen LogP contribution in [0.4, 0.5) is 4.79 Å². The van der Waals surface area contributed by atoms with Gasteiger partial charge in [-0.3, -0.25) is 14.4 Å². The maximum Gasteiger partial charge on any atom is 0.407 e. The largest absolute Gasteiger partial charge is 0.463 e. The number of allylic oxidation sites excluding steroid dienone is 2. The number of benzene rings is 1. The first-order valence-electron chi connectivity index (χ1n) is 13.3. The Morgan fingerprint density at radius 3 is 2.74 bits per heavy atom. The second kappa shape index (κ2) is 18.0. The lowest BCUT2D eigenvalue weighted by Crippen LogP contribution is -2.44. The molecular formula is C28H41N3O7. The topological polar surface area (TPSA) is 143 Å². The molecule has 0 spiro atoms. The van der Waals surface area contributed by atoms with Crippen molar-refractivity contribution in [3.05, 3.63) is 48.0 Å². The monoisotopic (exact) mass is 531 g/mol. The summed E-state index contributed by atoms with van der Waals surface area (Å²) < 4.78 is 10.6. The third kappa shape index (κ3) is 13.2. The van der Waals surface area contributed by atoms with Gasteiger partial charge in [0.15, 0.2) is 0 Å². The highest BCUT2D eigenvalue weighted by atomic mass is 16.5. The Morgan fingerprint density at radius 1 is 1.18 bits per heavy atom. The third-order valence-electron chi connectivity index (χ3n) is 6.08. The molecule has 3 atom stereocenters. The number of carbonyl (C=O) groups is 4. The van der Waals surface area contributed by atoms with E-state index in [1.807, 2.05) is 42.5 Å². The van der Waals surface area contributed by atoms with Crippen LogP contribution in [-0.4, -0.2) is 60.8 Å². The van der Waals surface area contributed by atoms with E-state index in [0.717, 1.165) is 5.56 Å². The van der Waals surface area contributed by atoms with Gasteiger partial charge in [-0.05, 0) is 51.0 Å². The number of cyclic esters (lactones) is 1. The number of esters is 1. The lowest BCUT2D eigenvalue weighted by molar-refractivity contribution is -0.145. The van der Waals surface area contributed by atoms with Crippen molar-refractivity contribution in [2.75, 3.05) is 19.8 Å². The van der Waals surface area contributed by atoms with Crippen LogP contribution in [-0.2, 0) is 30.5 Å². The first-order chi connectivity index (χ1) is 18.4. The summed E-state index contributed by atoms with van der Waals surface area (Å²) in [7, 11) is 0. The number of alkyl carbamates (subject to hydrolysis) is 1. The molecule has 1 aliphatic heterocycles. The summed E-state index contributed by atoms with van der Waals surface area (Å²) >= 11 is 0. The molecule has 10 heteroatoms. The van der Waals surface area contributed by atoms with Crippen molar-refractivity contribution >= 4 is 23.9 Å². The maximum atomic E-state index is 13.1. The van der Waals surface area contributed by atoms with Gasteiger partial charge in [0.05, 0.1) is 18.6 Å². The summed E-state index contributed by atoms with van der Waals surface area (Å²) in [6.07, 6.45) is 7.14. The van der Waals surface area contributed by atoms with Crippen molar-refractivity contribution in [2.24, 2.45) is 5.92 Å². The van der Waals surface area contributed by atoms with Crippen LogP contribution in [0.1, 0.15) is 63.9 Å². The van der Waals surface area contributed by atoms with E-state index in [0.29, 0.717) is 51.5 Å². The molecule has 0 fully saturated rings. The minimum atomic E-state index is -0.586. The van der Waals surface area contributed by atoms with Gasteiger partial charge >= 0.3 is 12.1 Å². The molecule has 0 saturated heterocycles. The molecule has 1 heterocycles. The molecule has 3 amide bonds. The fourth-order valence-corrected chi connectivity index (χ4v) is 3.89. The van der Waals surface area contributed by atoms with Gasteiger partial charge in [-0.2, -0.15) is 0 Å². The predicted octanol–water partition coefficient (Wildman–Crippen LogP) is 2.74. The van der Waals surface area contributed by atoms with Gasteiger partial charge in [0.2, 0.25) is 11.8 Å². The van der Waals surface area contributed by atoms with Crippen LogP contribution in [0, 0.1) is 5.92 Å². The van der Waals surface area contributed by atoms with E-state index in [4.69, 9.17) is 9.47 Å². The van der Waals surface area contributed by atoms with E-state index in [1.54, 1.807) is 6.92 Å². The summed E-state index contributed by atoms with van der Waals surface area (Å²) in [5.74, 6) is -1.49. The fraction of sp³-hybridized carbons (Fsp3) is 0.571. The number of ether oxygens (including phenoxy) is 2. The second-order valence-electron chi connectivity index (χ2n) is 9.52. The third-order valence-corrected chi connectivity index (χ3v) is 6.08. The summed E-state index contributed by atoms with van der Waals surface area (Å²) in [6, 6.07) is 8.59. The average Bonchev–Trinajstić information content (AvgIpc) is 2.92. The zero-order valence-electron chi connectivity index (χ0n) is 22.2. The van der Waals surface area contributed by atoms with Crippen molar-refractivity contribution in [2.45, 2.75) is 77.0 Å². The minimum absolute atomic E-state index is 0.0119. The zero-order valence-corrected chi connectivity index (χ0v) is 22.2. The molecular weight excluding hydrogens is 490 g/mol. The smallest absolute Gasteiger partial charge is 0.407 e. The van der Waals surface area contributed by atoms with Gasteiger partial charge in [-0.15, -0.1) is 0 Å². The number of nitrogens with one attached hydrogen (secondary N) is 3. The molecule has 0 saturated carbocycles. The van der Waals surface area contributed by atoms with Gasteiger partial charge in [-0.25, -0.2) is 4.79 Å². The van der Waals surface area contributed by atoms with Crippen molar-refractivity contribution < 1.29 is 33.8 Å². The lowest BCUT2D eigenvalue weighted by Gasteiger charge is -2.22. The van der Waals surface area contributed by atoms with Crippen molar-refractivity contribution in [1.29, 1.82) is 0 Å². The van der Waals surface area contributed by atoms with Crippen LogP contribution in [0.5, 0.6) is 0 Å². The molecule has 1 aromatic rings. The summed E-state index contributed by atoms with van der Waals surface area (Å²) in [5.41, 5.74) is 0.903. The molecule has 1 aliphatic rings. The SMILES string of the molecule is C[C@H](CO)NC(=O)C[C@H]1CC=CCCCC(=O)OC[C@H](CCCCNC(=O)OCc2ccccc2)NC1=O. The lowest BCUT2D eigenvalue weighted by atomic mass is 9.98. The number of amides is 3. The van der Waals surface area contributed by atoms with Gasteiger partial charge in [-0.1, -0.05) is 42.5 Å². The summed E-state index contributed by atoms with van der Waals surface area (Å²) in [5, 5.41) is 17.5. The highest BCUT2D eigenvalue weighted by Crippen LogP contribution is 2.14. The Balaban J connectivity index is 1.84. The number of unbranched alkanes of at least 4 members (excludes halogenated alkanes) is 1. The van der Waals surface area contributed by atoms with E-state index >= 15 is 0 Å². The number of rotatable bonds is 11. The van der Waals surface area contributed by atoms with Crippen LogP contribution in [0.3, 0.4) is 0 Å². The Morgan fingerprint density at radius 2 is 1.97 bits per heavy atom. The quantitative estimate of drug-likeness (QED) is 0.195. The van der Waals surface area contributed by atoms with E-state index < -0.39 is 24.1 Å². The summed E-state index contributed by atoms with van der Waals surface area (Å²) in [4.78, 5) is 49.4. The van der Waals surface area contributed by atoms with Crippen LogP contribution in [0.25, 0.3) is 0 Å². The van der Waals surface area contributed by atoms with Crippen LogP contribution >= 0.6 is 0 Å². The molecule has 4 N–H and O–H groups in total. The highest BCUT2D eigenvalue weighted by Gasteiger charge is 2.25. The van der Waals surface area contributed by atoms with Crippen molar-refractivity contribution in [3.8, 4) is 0 Å². The molecule has 0 unspecified atom stereocenters. The van der Waals surface area contributed by atoms with Crippen molar-refractivity contribution in [1.82, 2.24) is 16.0 Å². The zero-order chi connectivity index (χ0) is 27.6. The summed E-state index contributed by atoms with van der Waals surface area (Å²) in [6.45, 7) is 2.15. The number of hydrogen-bond acceptors (Lipinski definition) is 7. The van der Waals surface area contributed by atoms with Gasteiger partial charge in [0.1, 0.15) is 13.2 Å². The molecule has 2 rings (SSSR count). The Kier molecular flexibility index (Phi) is 14.6. The van der Waals surface area contributed by atoms with E-state index in [1.165, 1.54) is 0 Å². The Labute approximate surface area is 224 Å². The minimum Gasteiger partial charge on any atom is -0.463 e. The molecule has 1 aromatic carbocycles. The van der Waals surface area contributed by atoms with Crippen molar-refractivity contribution in [3.63, 3.8) is 0 Å². The predicted molar refractivity (Wildman–Crippen MR) is 142 cm³/mol. The van der Waals surface area contributed by atoms with Gasteiger partial charge in [0.25, 0.3) is 0 Å². The number of aliphatic hydroxyl groups excluding tert-OH is 1. The fourth-order valence-electron chi connectivity index (χ4n) is 3.89. The first-order valence-corrected chi connectivity index (χ1v) is 13.3. The number of aliphatic hydroxyl groups is 1. The van der Waals surface area contributed by atoms with E-state index in [-0.39, 0.29) is 44.0 Å². The molecule has 0 aromatic heterocycles. The normalized spacial score (nSPS) is 19.5.